The predicted octanol–water partition coefficient (Wildman–Crippen LogP) is 3.00. The summed E-state index contributed by atoms with van der Waals surface area (Å²) in [4.78, 5) is 31.9. The number of likely N-dealkylation sites (N-methyl/N-ethyl adjacent to an activating group) is 1. The smallest absolute Gasteiger partial charge is 0.291 e. The molecule has 6 nitrogen and oxygen atoms in total. The van der Waals surface area contributed by atoms with Gasteiger partial charge >= 0.3 is 0 Å². The highest BCUT2D eigenvalue weighted by molar-refractivity contribution is 7.99. The van der Waals surface area contributed by atoms with Gasteiger partial charge in [0, 0.05) is 24.7 Å². The number of carbonyl (C=O) groups is 1. The number of thioether (sulfide) groups is 1. The second-order valence-corrected chi connectivity index (χ2v) is 6.89. The van der Waals surface area contributed by atoms with Gasteiger partial charge < -0.3 is 14.6 Å². The van der Waals surface area contributed by atoms with Gasteiger partial charge in [0.05, 0.1) is 6.54 Å². The predicted molar refractivity (Wildman–Crippen MR) is 99.3 cm³/mol. The number of alkyl halides is 2. The van der Waals surface area contributed by atoms with Crippen molar-refractivity contribution in [1.82, 2.24) is 14.9 Å². The van der Waals surface area contributed by atoms with Crippen molar-refractivity contribution in [2.45, 2.75) is 30.7 Å². The Morgan fingerprint density at radius 2 is 2.07 bits per heavy atom. The van der Waals surface area contributed by atoms with Gasteiger partial charge in [-0.25, -0.2) is 9.37 Å². The molecule has 0 spiro atoms. The molecule has 0 bridgehead atoms. The van der Waals surface area contributed by atoms with Gasteiger partial charge in [-0.2, -0.15) is 8.78 Å². The van der Waals surface area contributed by atoms with E-state index in [1.54, 1.807) is 19.2 Å². The van der Waals surface area contributed by atoms with Gasteiger partial charge in [0.1, 0.15) is 6.61 Å². The first kappa shape index (κ1) is 21.8. The monoisotopic (exact) mass is 415 g/mol. The zero-order valence-corrected chi connectivity index (χ0v) is 16.2. The van der Waals surface area contributed by atoms with Crippen LogP contribution in [-0.2, 0) is 11.2 Å². The Bertz CT molecular complexity index is 877. The number of amides is 1. The molecule has 0 saturated heterocycles. The average Bonchev–Trinajstić information content (AvgIpc) is 2.61. The molecular formula is C18H20F3N3O3S. The number of benzene rings is 1. The van der Waals surface area contributed by atoms with E-state index < -0.39 is 17.1 Å². The van der Waals surface area contributed by atoms with Gasteiger partial charge in [0.15, 0.2) is 16.7 Å². The minimum atomic E-state index is -2.68. The largest absolute Gasteiger partial charge is 0.489 e. The molecule has 0 atom stereocenters. The maximum atomic E-state index is 13.5. The molecule has 2 rings (SSSR count). The number of nitrogens with one attached hydrogen (secondary N) is 1. The third kappa shape index (κ3) is 6.29. The van der Waals surface area contributed by atoms with E-state index >= 15 is 0 Å². The summed E-state index contributed by atoms with van der Waals surface area (Å²) in [7, 11) is 1.57. The zero-order chi connectivity index (χ0) is 20.7. The number of halogens is 3. The van der Waals surface area contributed by atoms with Crippen molar-refractivity contribution in [2.24, 2.45) is 0 Å². The summed E-state index contributed by atoms with van der Waals surface area (Å²) >= 11 is 0.157. The van der Waals surface area contributed by atoms with Crippen LogP contribution in [0.4, 0.5) is 13.2 Å². The summed E-state index contributed by atoms with van der Waals surface area (Å²) in [5.41, 5.74) is 0.0576. The second kappa shape index (κ2) is 10.2. The number of rotatable bonds is 9. The number of nitrogens with zero attached hydrogens (tertiary/aromatic N) is 2. The molecule has 1 N–H and O–H groups in total. The maximum Gasteiger partial charge on any atom is 0.291 e. The summed E-state index contributed by atoms with van der Waals surface area (Å²) < 4.78 is 43.5. The summed E-state index contributed by atoms with van der Waals surface area (Å²) in [5.74, 6) is -3.29. The molecular weight excluding hydrogens is 395 g/mol. The molecule has 0 fully saturated rings. The molecule has 0 aliphatic carbocycles. The molecule has 1 aromatic heterocycles. The fourth-order valence-electron chi connectivity index (χ4n) is 2.42. The van der Waals surface area contributed by atoms with E-state index in [1.807, 2.05) is 0 Å². The number of ether oxygens (including phenoxy) is 1. The number of aromatic nitrogens is 2. The zero-order valence-electron chi connectivity index (χ0n) is 15.4. The van der Waals surface area contributed by atoms with E-state index in [-0.39, 0.29) is 60.1 Å². The minimum absolute atomic E-state index is 0.0448. The van der Waals surface area contributed by atoms with Crippen LogP contribution in [0.2, 0.25) is 0 Å². The van der Waals surface area contributed by atoms with E-state index in [9.17, 15) is 22.8 Å². The Morgan fingerprint density at radius 1 is 1.36 bits per heavy atom. The molecule has 152 valence electrons. The van der Waals surface area contributed by atoms with Crippen molar-refractivity contribution in [2.75, 3.05) is 20.2 Å². The van der Waals surface area contributed by atoms with Crippen LogP contribution in [-0.4, -0.2) is 46.7 Å². The molecule has 2 aromatic rings. The van der Waals surface area contributed by atoms with Crippen molar-refractivity contribution < 1.29 is 22.7 Å². The third-order valence-electron chi connectivity index (χ3n) is 3.94. The quantitative estimate of drug-likeness (QED) is 0.503. The number of para-hydroxylation sites is 1. The highest BCUT2D eigenvalue weighted by Gasteiger charge is 2.15. The number of aromatic amines is 1. The SMILES string of the molecule is Cc1nc(SC(F)F)[nH]c(=O)c1CCC(=O)N(C)CCOc1ccccc1F. The van der Waals surface area contributed by atoms with E-state index in [0.29, 0.717) is 5.69 Å². The summed E-state index contributed by atoms with van der Waals surface area (Å²) in [6.45, 7) is 1.89. The van der Waals surface area contributed by atoms with Gasteiger partial charge in [-0.15, -0.1) is 0 Å². The van der Waals surface area contributed by atoms with Crippen LogP contribution in [0, 0.1) is 12.7 Å². The lowest BCUT2D eigenvalue weighted by Gasteiger charge is -2.18. The standard InChI is InChI=1S/C18H20F3N3O3S/c1-11-12(16(26)23-18(22-11)28-17(20)21)7-8-15(25)24(2)9-10-27-14-6-4-3-5-13(14)19/h3-6,17H,7-10H2,1-2H3,(H,22,23,26). The van der Waals surface area contributed by atoms with Crippen LogP contribution >= 0.6 is 11.8 Å². The molecule has 0 aliphatic rings. The summed E-state index contributed by atoms with van der Waals surface area (Å²) in [6.07, 6.45) is 0.175. The van der Waals surface area contributed by atoms with Crippen LogP contribution in [0.5, 0.6) is 5.75 Å². The molecule has 10 heteroatoms. The number of carbonyl (C=O) groups excluding carboxylic acids is 1. The van der Waals surface area contributed by atoms with Crippen LogP contribution in [0.1, 0.15) is 17.7 Å². The van der Waals surface area contributed by atoms with Crippen LogP contribution in [0.15, 0.2) is 34.2 Å². The normalized spacial score (nSPS) is 10.9. The van der Waals surface area contributed by atoms with Gasteiger partial charge in [0.25, 0.3) is 11.3 Å². The number of aryl methyl sites for hydroxylation is 1. The van der Waals surface area contributed by atoms with Crippen molar-refractivity contribution in [3.05, 3.63) is 51.7 Å². The van der Waals surface area contributed by atoms with E-state index in [1.165, 1.54) is 24.0 Å². The second-order valence-electron chi connectivity index (χ2n) is 5.91. The van der Waals surface area contributed by atoms with E-state index in [0.717, 1.165) is 0 Å². The Kier molecular flexibility index (Phi) is 7.91. The summed E-state index contributed by atoms with van der Waals surface area (Å²) in [5, 5.41) is -0.157. The number of hydrogen-bond acceptors (Lipinski definition) is 5. The lowest BCUT2D eigenvalue weighted by Crippen LogP contribution is -2.31. The topological polar surface area (TPSA) is 75.3 Å². The highest BCUT2D eigenvalue weighted by Crippen LogP contribution is 2.21. The Hall–Kier alpha value is -2.49. The van der Waals surface area contributed by atoms with Crippen molar-refractivity contribution in [3.63, 3.8) is 0 Å². The molecule has 0 unspecified atom stereocenters. The lowest BCUT2D eigenvalue weighted by atomic mass is 10.1. The Labute approximate surface area is 164 Å². The Balaban J connectivity index is 1.86. The van der Waals surface area contributed by atoms with Crippen molar-refractivity contribution in [3.8, 4) is 5.75 Å². The molecule has 0 radical (unpaired) electrons. The van der Waals surface area contributed by atoms with E-state index in [4.69, 9.17) is 4.74 Å². The molecule has 1 heterocycles. The molecule has 28 heavy (non-hydrogen) atoms. The van der Waals surface area contributed by atoms with Crippen LogP contribution in [0.3, 0.4) is 0 Å². The minimum Gasteiger partial charge on any atom is -0.489 e. The average molecular weight is 415 g/mol. The summed E-state index contributed by atoms with van der Waals surface area (Å²) in [6, 6.07) is 5.97. The van der Waals surface area contributed by atoms with Gasteiger partial charge in [0.2, 0.25) is 5.91 Å². The first-order valence-corrected chi connectivity index (χ1v) is 9.31. The maximum absolute atomic E-state index is 13.5. The van der Waals surface area contributed by atoms with Gasteiger partial charge in [-0.05, 0) is 37.2 Å². The first-order chi connectivity index (χ1) is 13.3. The van der Waals surface area contributed by atoms with Gasteiger partial charge in [-0.1, -0.05) is 12.1 Å². The Morgan fingerprint density at radius 3 is 2.71 bits per heavy atom. The highest BCUT2D eigenvalue weighted by atomic mass is 32.2. The van der Waals surface area contributed by atoms with Crippen LogP contribution < -0.4 is 10.3 Å². The van der Waals surface area contributed by atoms with Crippen LogP contribution in [0.25, 0.3) is 0 Å². The molecule has 1 amide bonds. The molecule has 1 aromatic carbocycles. The number of H-pyrrole nitrogens is 1. The first-order valence-electron chi connectivity index (χ1n) is 8.44. The van der Waals surface area contributed by atoms with Crippen molar-refractivity contribution in [1.29, 1.82) is 0 Å². The van der Waals surface area contributed by atoms with Crippen molar-refractivity contribution >= 4 is 17.7 Å². The molecule has 0 aliphatic heterocycles. The lowest BCUT2D eigenvalue weighted by molar-refractivity contribution is -0.130. The van der Waals surface area contributed by atoms with E-state index in [2.05, 4.69) is 9.97 Å². The molecule has 0 saturated carbocycles. The van der Waals surface area contributed by atoms with Gasteiger partial charge in [-0.3, -0.25) is 9.59 Å². The fraction of sp³-hybridized carbons (Fsp3) is 0.389. The fourth-order valence-corrected chi connectivity index (χ4v) is 2.93. The number of hydrogen-bond donors (Lipinski definition) is 1. The third-order valence-corrected chi connectivity index (χ3v) is 4.53.